The number of thioether (sulfide) groups is 1. The maximum absolute atomic E-state index is 3.95. The van der Waals surface area contributed by atoms with Crippen LogP contribution in [0.5, 0.6) is 0 Å². The highest BCUT2D eigenvalue weighted by atomic mass is 32.2. The van der Waals surface area contributed by atoms with Crippen molar-refractivity contribution in [1.82, 2.24) is 4.99 Å². The van der Waals surface area contributed by atoms with Crippen LogP contribution in [0.2, 0.25) is 0 Å². The normalized spacial score (nSPS) is 16.4. The molecule has 1 rings (SSSR count). The van der Waals surface area contributed by atoms with Crippen molar-refractivity contribution in [1.29, 1.82) is 0 Å². The number of rotatable bonds is 0. The van der Waals surface area contributed by atoms with Gasteiger partial charge in [-0.2, -0.15) is 0 Å². The molecule has 1 heterocycles. The van der Waals surface area contributed by atoms with E-state index in [1.807, 2.05) is 6.26 Å². The van der Waals surface area contributed by atoms with E-state index in [0.717, 1.165) is 5.17 Å². The molecule has 2 nitrogen and oxygen atoms in total. The van der Waals surface area contributed by atoms with Crippen molar-refractivity contribution in [3.8, 4) is 0 Å². The molecule has 1 aliphatic heterocycles. The molecule has 0 N–H and O–H groups in total. The number of aliphatic imine (C=N–C) groups is 2. The van der Waals surface area contributed by atoms with Crippen molar-refractivity contribution in [2.45, 2.75) is 0 Å². The molecule has 3 heteroatoms. The van der Waals surface area contributed by atoms with Gasteiger partial charge in [0.1, 0.15) is 12.4 Å². The summed E-state index contributed by atoms with van der Waals surface area (Å²) in [5.74, 6) is 0. The Morgan fingerprint density at radius 3 is 3.00 bits per heavy atom. The molecule has 0 spiro atoms. The highest BCUT2D eigenvalue weighted by Crippen LogP contribution is 1.95. The summed E-state index contributed by atoms with van der Waals surface area (Å²) < 4.78 is 0. The minimum Gasteiger partial charge on any atom is -0.0394 e. The Labute approximate surface area is 52.4 Å². The molecule has 0 aromatic carbocycles. The van der Waals surface area contributed by atoms with Crippen LogP contribution in [0.25, 0.3) is 0 Å². The zero-order valence-electron chi connectivity index (χ0n) is 4.53. The summed E-state index contributed by atoms with van der Waals surface area (Å²) in [6.07, 6.45) is 7.23. The molecule has 1 aliphatic rings. The number of nitrogens with zero attached hydrogens (tertiary/aromatic N) is 2. The number of hydrogen-bond donors (Lipinski definition) is 0. The van der Waals surface area contributed by atoms with Crippen molar-refractivity contribution in [3.63, 3.8) is 0 Å². The summed E-state index contributed by atoms with van der Waals surface area (Å²) in [7, 11) is 0. The predicted octanol–water partition coefficient (Wildman–Crippen LogP) is 0.639. The molecule has 0 aromatic rings. The molecule has 0 aromatic heterocycles. The van der Waals surface area contributed by atoms with Crippen LogP contribution in [0.4, 0.5) is 0 Å². The van der Waals surface area contributed by atoms with Gasteiger partial charge in [0, 0.05) is 6.08 Å². The first kappa shape index (κ1) is 5.56. The molecule has 0 atom stereocenters. The minimum absolute atomic E-state index is 0.826. The summed E-state index contributed by atoms with van der Waals surface area (Å²) in [4.78, 5) is 7.90. The number of allylic oxidation sites excluding steroid dienone is 1. The topological polar surface area (TPSA) is 26.5 Å². The van der Waals surface area contributed by atoms with Gasteiger partial charge in [0.25, 0.3) is 0 Å². The Kier molecular flexibility index (Phi) is 1.86. The molecule has 0 bridgehead atoms. The van der Waals surface area contributed by atoms with Crippen LogP contribution in [0.15, 0.2) is 17.3 Å². The SMILES string of the molecule is CSC1=NC=CC=[N+]1. The van der Waals surface area contributed by atoms with Crippen LogP contribution < -0.4 is 4.99 Å². The van der Waals surface area contributed by atoms with Crippen molar-refractivity contribution in [2.75, 3.05) is 6.26 Å². The lowest BCUT2D eigenvalue weighted by Crippen LogP contribution is -2.02. The summed E-state index contributed by atoms with van der Waals surface area (Å²) >= 11 is 1.55. The third-order valence-electron chi connectivity index (χ3n) is 0.725. The first-order valence-corrected chi connectivity index (χ1v) is 3.47. The quantitative estimate of drug-likeness (QED) is 0.468. The Bertz CT molecular complexity index is 158. The van der Waals surface area contributed by atoms with Gasteiger partial charge in [-0.15, -0.1) is 0 Å². The van der Waals surface area contributed by atoms with Gasteiger partial charge in [-0.1, -0.05) is 0 Å². The summed E-state index contributed by atoms with van der Waals surface area (Å²) in [5, 5.41) is 0.826. The third-order valence-corrected chi connectivity index (χ3v) is 1.30. The van der Waals surface area contributed by atoms with E-state index in [4.69, 9.17) is 0 Å². The molecule has 0 unspecified atom stereocenters. The van der Waals surface area contributed by atoms with Crippen molar-refractivity contribution in [2.24, 2.45) is 4.99 Å². The van der Waals surface area contributed by atoms with E-state index in [1.54, 1.807) is 30.3 Å². The standard InChI is InChI=1S/C5H6N2S/c1-8-5-6-3-2-4-7-5/h2-4H,1H3/q+1. The zero-order valence-corrected chi connectivity index (χ0v) is 5.35. The Morgan fingerprint density at radius 2 is 2.62 bits per heavy atom. The molecule has 41 valence electrons. The van der Waals surface area contributed by atoms with Gasteiger partial charge >= 0.3 is 5.17 Å². The lowest BCUT2D eigenvalue weighted by atomic mass is 10.6. The van der Waals surface area contributed by atoms with Gasteiger partial charge in [-0.05, 0) is 28.0 Å². The van der Waals surface area contributed by atoms with Crippen LogP contribution in [0, 0.1) is 0 Å². The van der Waals surface area contributed by atoms with Crippen LogP contribution in [0.3, 0.4) is 0 Å². The molecular weight excluding hydrogens is 120 g/mol. The molecule has 1 radical (unpaired) electrons. The predicted molar refractivity (Wildman–Crippen MR) is 38.3 cm³/mol. The van der Waals surface area contributed by atoms with Crippen molar-refractivity contribution in [3.05, 3.63) is 12.3 Å². The third kappa shape index (κ3) is 1.20. The van der Waals surface area contributed by atoms with E-state index in [0.29, 0.717) is 0 Å². The monoisotopic (exact) mass is 126 g/mol. The first-order chi connectivity index (χ1) is 3.93. The lowest BCUT2D eigenvalue weighted by molar-refractivity contribution is 1.44. The number of hydrogen-bond acceptors (Lipinski definition) is 3. The van der Waals surface area contributed by atoms with Gasteiger partial charge < -0.3 is 0 Å². The van der Waals surface area contributed by atoms with E-state index >= 15 is 0 Å². The first-order valence-electron chi connectivity index (χ1n) is 2.24. The van der Waals surface area contributed by atoms with E-state index in [9.17, 15) is 0 Å². The fraction of sp³-hybridized carbons (Fsp3) is 0.200. The van der Waals surface area contributed by atoms with Crippen LogP contribution >= 0.6 is 11.8 Å². The average molecular weight is 126 g/mol. The van der Waals surface area contributed by atoms with Gasteiger partial charge in [0.05, 0.1) is 0 Å². The van der Waals surface area contributed by atoms with Crippen LogP contribution in [-0.4, -0.2) is 17.6 Å². The largest absolute Gasteiger partial charge is 0.399 e. The molecule has 0 aliphatic carbocycles. The minimum atomic E-state index is 0.826. The Hall–Kier alpha value is -0.570. The second-order valence-corrected chi connectivity index (χ2v) is 2.01. The zero-order chi connectivity index (χ0) is 5.82. The highest BCUT2D eigenvalue weighted by Gasteiger charge is 2.04. The van der Waals surface area contributed by atoms with Gasteiger partial charge in [0.2, 0.25) is 0 Å². The second kappa shape index (κ2) is 2.67. The number of amidine groups is 1. The summed E-state index contributed by atoms with van der Waals surface area (Å²) in [5.41, 5.74) is 0. The molecule has 0 saturated carbocycles. The van der Waals surface area contributed by atoms with Crippen molar-refractivity contribution >= 4 is 23.1 Å². The summed E-state index contributed by atoms with van der Waals surface area (Å²) in [6.45, 7) is 0. The maximum Gasteiger partial charge on any atom is 0.399 e. The van der Waals surface area contributed by atoms with E-state index < -0.39 is 0 Å². The van der Waals surface area contributed by atoms with Gasteiger partial charge in [-0.3, -0.25) is 0 Å². The smallest absolute Gasteiger partial charge is 0.0394 e. The van der Waals surface area contributed by atoms with E-state index in [1.165, 1.54) is 0 Å². The molecular formula is C5H6N2S+. The Morgan fingerprint density at radius 1 is 1.75 bits per heavy atom. The fourth-order valence-corrected chi connectivity index (χ4v) is 0.723. The van der Waals surface area contributed by atoms with E-state index in [-0.39, 0.29) is 0 Å². The van der Waals surface area contributed by atoms with Crippen molar-refractivity contribution < 1.29 is 0 Å². The highest BCUT2D eigenvalue weighted by molar-refractivity contribution is 8.13. The van der Waals surface area contributed by atoms with Crippen LogP contribution in [0.1, 0.15) is 0 Å². The van der Waals surface area contributed by atoms with Gasteiger partial charge in [0.15, 0.2) is 0 Å². The maximum atomic E-state index is 3.95. The lowest BCUT2D eigenvalue weighted by Gasteiger charge is -1.78. The molecule has 0 fully saturated rings. The molecule has 8 heavy (non-hydrogen) atoms. The summed E-state index contributed by atoms with van der Waals surface area (Å²) in [6, 6.07) is 0. The molecule has 0 amide bonds. The molecule has 0 saturated heterocycles. The fourth-order valence-electron chi connectivity index (χ4n) is 0.391. The van der Waals surface area contributed by atoms with Crippen LogP contribution in [-0.2, 0) is 0 Å². The Balaban J connectivity index is 2.68. The van der Waals surface area contributed by atoms with E-state index in [2.05, 4.69) is 9.98 Å². The van der Waals surface area contributed by atoms with Gasteiger partial charge in [-0.25, -0.2) is 0 Å². The average Bonchev–Trinajstić information content (AvgIpc) is 1.90. The second-order valence-electron chi connectivity index (χ2n) is 1.24.